The highest BCUT2D eigenvalue weighted by Gasteiger charge is 2.48. The molecule has 2 aromatic rings. The van der Waals surface area contributed by atoms with Crippen LogP contribution in [0.2, 0.25) is 0 Å². The molecule has 206 valence electrons. The Morgan fingerprint density at radius 3 is 2.32 bits per heavy atom. The number of aromatic nitrogens is 2. The second-order valence-corrected chi connectivity index (χ2v) is 13.8. The van der Waals surface area contributed by atoms with Gasteiger partial charge in [0.25, 0.3) is 0 Å². The van der Waals surface area contributed by atoms with Crippen molar-refractivity contribution in [3.8, 4) is 0 Å². The maximum atomic E-state index is 15.5. The SMILES string of the molecule is CC(=O)N1CCC(c2nc(N3CCC4(CC3)CN(C(=O)OC(C)(C)C)C4)c3cc(I)c(Br)c(F)c3n2)CC1. The molecule has 3 fully saturated rings. The van der Waals surface area contributed by atoms with Gasteiger partial charge < -0.3 is 19.4 Å². The van der Waals surface area contributed by atoms with E-state index in [1.165, 1.54) is 0 Å². The van der Waals surface area contributed by atoms with Gasteiger partial charge in [-0.05, 0) is 91.0 Å². The molecule has 0 radical (unpaired) electrons. The van der Waals surface area contributed by atoms with Crippen molar-refractivity contribution in [1.29, 1.82) is 0 Å². The minimum atomic E-state index is -0.501. The Kier molecular flexibility index (Phi) is 7.56. The maximum absolute atomic E-state index is 15.5. The summed E-state index contributed by atoms with van der Waals surface area (Å²) in [5.41, 5.74) is -0.0629. The van der Waals surface area contributed by atoms with Gasteiger partial charge in [-0.1, -0.05) is 0 Å². The molecule has 2 amide bonds. The fourth-order valence-corrected chi connectivity index (χ4v) is 6.63. The summed E-state index contributed by atoms with van der Waals surface area (Å²) in [4.78, 5) is 39.9. The summed E-state index contributed by atoms with van der Waals surface area (Å²) in [7, 11) is 0. The molecule has 11 heteroatoms. The smallest absolute Gasteiger partial charge is 0.410 e. The molecule has 1 aromatic carbocycles. The zero-order chi connectivity index (χ0) is 27.4. The standard InChI is InChI=1S/C27H34BrFIN5O3/c1-16(36)33-9-5-17(6-10-33)23-31-22-18(13-19(30)20(28)21(22)29)24(32-23)34-11-7-27(8-12-34)14-35(15-27)25(37)38-26(2,3)4/h13,17H,5-12,14-15H2,1-4H3. The third-order valence-electron chi connectivity index (χ3n) is 7.96. The molecule has 38 heavy (non-hydrogen) atoms. The van der Waals surface area contributed by atoms with E-state index in [1.54, 1.807) is 11.8 Å². The van der Waals surface area contributed by atoms with Crippen molar-refractivity contribution in [2.75, 3.05) is 44.2 Å². The van der Waals surface area contributed by atoms with Crippen LogP contribution in [-0.2, 0) is 9.53 Å². The molecular formula is C27H34BrFIN5O3. The lowest BCUT2D eigenvalue weighted by atomic mass is 9.72. The first-order valence-corrected chi connectivity index (χ1v) is 15.1. The Morgan fingerprint density at radius 1 is 1.11 bits per heavy atom. The highest BCUT2D eigenvalue weighted by Crippen LogP contribution is 2.43. The fraction of sp³-hybridized carbons (Fsp3) is 0.630. The quantitative estimate of drug-likeness (QED) is 0.296. The number of benzene rings is 1. The Bertz CT molecular complexity index is 1260. The van der Waals surface area contributed by atoms with Crippen LogP contribution in [0.3, 0.4) is 0 Å². The zero-order valence-electron chi connectivity index (χ0n) is 22.3. The molecule has 0 bridgehead atoms. The summed E-state index contributed by atoms with van der Waals surface area (Å²) in [6.45, 7) is 11.6. The molecule has 4 heterocycles. The molecule has 5 rings (SSSR count). The van der Waals surface area contributed by atoms with Gasteiger partial charge in [0.1, 0.15) is 22.8 Å². The highest BCUT2D eigenvalue weighted by molar-refractivity contribution is 14.1. The number of ether oxygens (including phenoxy) is 1. The zero-order valence-corrected chi connectivity index (χ0v) is 26.1. The van der Waals surface area contributed by atoms with Crippen LogP contribution in [0.4, 0.5) is 15.0 Å². The number of carbonyl (C=O) groups excluding carboxylic acids is 2. The predicted octanol–water partition coefficient (Wildman–Crippen LogP) is 5.70. The van der Waals surface area contributed by atoms with E-state index in [9.17, 15) is 9.59 Å². The molecule has 0 unspecified atom stereocenters. The Hall–Kier alpha value is -1.76. The summed E-state index contributed by atoms with van der Waals surface area (Å²) in [5.74, 6) is 1.23. The van der Waals surface area contributed by atoms with Crippen molar-refractivity contribution in [2.24, 2.45) is 5.41 Å². The van der Waals surface area contributed by atoms with E-state index in [4.69, 9.17) is 14.7 Å². The lowest BCUT2D eigenvalue weighted by Crippen LogP contribution is -2.62. The van der Waals surface area contributed by atoms with Gasteiger partial charge in [-0.3, -0.25) is 4.79 Å². The van der Waals surface area contributed by atoms with E-state index in [1.807, 2.05) is 31.7 Å². The first-order valence-electron chi connectivity index (χ1n) is 13.2. The molecule has 0 N–H and O–H groups in total. The Morgan fingerprint density at radius 2 is 1.74 bits per heavy atom. The van der Waals surface area contributed by atoms with Gasteiger partial charge in [-0.15, -0.1) is 0 Å². The highest BCUT2D eigenvalue weighted by atomic mass is 127. The van der Waals surface area contributed by atoms with Crippen molar-refractivity contribution in [3.63, 3.8) is 0 Å². The van der Waals surface area contributed by atoms with Crippen molar-refractivity contribution < 1.29 is 18.7 Å². The molecule has 3 saturated heterocycles. The molecule has 0 saturated carbocycles. The topological polar surface area (TPSA) is 78.9 Å². The number of likely N-dealkylation sites (tertiary alicyclic amines) is 2. The summed E-state index contributed by atoms with van der Waals surface area (Å²) >= 11 is 5.53. The van der Waals surface area contributed by atoms with Crippen LogP contribution in [0.25, 0.3) is 10.9 Å². The average molecular weight is 702 g/mol. The number of fused-ring (bicyclic) bond motifs is 1. The van der Waals surface area contributed by atoms with Crippen LogP contribution in [0.1, 0.15) is 65.1 Å². The first-order chi connectivity index (χ1) is 17.9. The number of piperidine rings is 2. The number of hydrogen-bond acceptors (Lipinski definition) is 6. The maximum Gasteiger partial charge on any atom is 0.410 e. The van der Waals surface area contributed by atoms with Crippen LogP contribution < -0.4 is 4.90 Å². The van der Waals surface area contributed by atoms with Crippen molar-refractivity contribution in [3.05, 3.63) is 25.8 Å². The minimum Gasteiger partial charge on any atom is -0.444 e. The van der Waals surface area contributed by atoms with Gasteiger partial charge in [0.15, 0.2) is 5.82 Å². The summed E-state index contributed by atoms with van der Waals surface area (Å²) in [6.07, 6.45) is 3.15. The van der Waals surface area contributed by atoms with Crippen molar-refractivity contribution >= 4 is 67.2 Å². The fourth-order valence-electron chi connectivity index (χ4n) is 5.78. The second-order valence-electron chi connectivity index (χ2n) is 11.9. The normalized spacial score (nSPS) is 20.1. The van der Waals surface area contributed by atoms with Crippen LogP contribution >= 0.6 is 38.5 Å². The molecule has 0 aliphatic carbocycles. The van der Waals surface area contributed by atoms with E-state index in [2.05, 4.69) is 43.4 Å². The van der Waals surface area contributed by atoms with Gasteiger partial charge in [0.2, 0.25) is 5.91 Å². The first kappa shape index (κ1) is 27.8. The summed E-state index contributed by atoms with van der Waals surface area (Å²) in [6, 6.07) is 1.96. The molecule has 1 aromatic heterocycles. The number of amides is 2. The molecule has 1 spiro atoms. The van der Waals surface area contributed by atoms with Crippen LogP contribution in [0, 0.1) is 14.8 Å². The van der Waals surface area contributed by atoms with E-state index < -0.39 is 5.60 Å². The molecule has 3 aliphatic rings. The van der Waals surface area contributed by atoms with E-state index in [0.717, 1.165) is 53.5 Å². The minimum absolute atomic E-state index is 0.0800. The molecule has 8 nitrogen and oxygen atoms in total. The lowest BCUT2D eigenvalue weighted by molar-refractivity contribution is -0.129. The van der Waals surface area contributed by atoms with Crippen LogP contribution in [0.5, 0.6) is 0 Å². The summed E-state index contributed by atoms with van der Waals surface area (Å²) < 4.78 is 22.2. The Balaban J connectivity index is 1.37. The predicted molar refractivity (Wildman–Crippen MR) is 156 cm³/mol. The van der Waals surface area contributed by atoms with Crippen molar-refractivity contribution in [2.45, 2.75) is 64.9 Å². The van der Waals surface area contributed by atoms with Crippen LogP contribution in [-0.4, -0.2) is 76.6 Å². The Labute approximate surface area is 244 Å². The summed E-state index contributed by atoms with van der Waals surface area (Å²) in [5, 5.41) is 0.722. The van der Waals surface area contributed by atoms with Gasteiger partial charge >= 0.3 is 6.09 Å². The van der Waals surface area contributed by atoms with Crippen LogP contribution in [0.15, 0.2) is 10.5 Å². The second kappa shape index (κ2) is 10.3. The van der Waals surface area contributed by atoms with Crippen molar-refractivity contribution in [1.82, 2.24) is 19.8 Å². The number of halogens is 3. The van der Waals surface area contributed by atoms with E-state index in [-0.39, 0.29) is 29.2 Å². The number of carbonyl (C=O) groups is 2. The van der Waals surface area contributed by atoms with E-state index >= 15 is 4.39 Å². The van der Waals surface area contributed by atoms with Gasteiger partial charge in [0, 0.05) is 66.5 Å². The molecule has 3 aliphatic heterocycles. The average Bonchev–Trinajstić information content (AvgIpc) is 2.84. The lowest BCUT2D eigenvalue weighted by Gasteiger charge is -2.53. The van der Waals surface area contributed by atoms with E-state index in [0.29, 0.717) is 42.0 Å². The third-order valence-corrected chi connectivity index (χ3v) is 10.3. The number of rotatable bonds is 2. The molecular weight excluding hydrogens is 668 g/mol. The largest absolute Gasteiger partial charge is 0.444 e. The number of hydrogen-bond donors (Lipinski definition) is 0. The number of nitrogens with zero attached hydrogens (tertiary/aromatic N) is 5. The monoisotopic (exact) mass is 701 g/mol. The third kappa shape index (κ3) is 5.46. The van der Waals surface area contributed by atoms with Gasteiger partial charge in [-0.2, -0.15) is 0 Å². The molecule has 0 atom stereocenters. The van der Waals surface area contributed by atoms with Gasteiger partial charge in [0.05, 0.1) is 4.47 Å². The number of anilines is 1. The van der Waals surface area contributed by atoms with Gasteiger partial charge in [-0.25, -0.2) is 19.2 Å².